The van der Waals surface area contributed by atoms with Crippen LogP contribution in [0.5, 0.6) is 0 Å². The van der Waals surface area contributed by atoms with Crippen LogP contribution in [-0.4, -0.2) is 22.6 Å². The average Bonchev–Trinajstić information content (AvgIpc) is 2.73. The fraction of sp³-hybridized carbons (Fsp3) is 0.400. The van der Waals surface area contributed by atoms with Gasteiger partial charge in [0, 0.05) is 12.6 Å². The number of aromatic nitrogens is 2. The minimum atomic E-state index is 0.338. The van der Waals surface area contributed by atoms with Crippen LogP contribution in [0.3, 0.4) is 0 Å². The second-order valence-corrected chi connectivity index (χ2v) is 4.76. The summed E-state index contributed by atoms with van der Waals surface area (Å²) in [6, 6.07) is 4.68. The number of nitrogens with one attached hydrogen (secondary N) is 1. The zero-order valence-electron chi connectivity index (χ0n) is 11.2. The molecule has 2 rings (SSSR count). The number of rotatable bonds is 4. The van der Waals surface area contributed by atoms with Crippen LogP contribution in [0, 0.1) is 26.2 Å². The van der Waals surface area contributed by atoms with Gasteiger partial charge in [0.2, 0.25) is 0 Å². The fourth-order valence-corrected chi connectivity index (χ4v) is 2.09. The highest BCUT2D eigenvalue weighted by molar-refractivity contribution is 5.77. The molecule has 3 nitrogen and oxygen atoms in total. The largest absolute Gasteiger partial charge is 0.326 e. The van der Waals surface area contributed by atoms with Gasteiger partial charge in [-0.05, 0) is 44.0 Å². The summed E-state index contributed by atoms with van der Waals surface area (Å²) in [7, 11) is 0. The first kappa shape index (κ1) is 12.7. The van der Waals surface area contributed by atoms with Gasteiger partial charge in [-0.25, -0.2) is 4.98 Å². The SMILES string of the molecule is C#CCNCC(C)n1cnc2cc(C)c(C)cc21. The Balaban J connectivity index is 2.28. The third kappa shape index (κ3) is 2.39. The molecule has 94 valence electrons. The molecule has 18 heavy (non-hydrogen) atoms. The van der Waals surface area contributed by atoms with Gasteiger partial charge in [0.15, 0.2) is 0 Å². The quantitative estimate of drug-likeness (QED) is 0.658. The van der Waals surface area contributed by atoms with Gasteiger partial charge in [0.25, 0.3) is 0 Å². The third-order valence-electron chi connectivity index (χ3n) is 3.33. The van der Waals surface area contributed by atoms with Crippen molar-refractivity contribution in [1.82, 2.24) is 14.9 Å². The number of benzene rings is 1. The smallest absolute Gasteiger partial charge is 0.0961 e. The lowest BCUT2D eigenvalue weighted by atomic mass is 10.1. The summed E-state index contributed by atoms with van der Waals surface area (Å²) < 4.78 is 2.20. The number of aryl methyl sites for hydroxylation is 2. The summed E-state index contributed by atoms with van der Waals surface area (Å²) in [5.41, 5.74) is 4.83. The van der Waals surface area contributed by atoms with Crippen molar-refractivity contribution in [2.75, 3.05) is 13.1 Å². The van der Waals surface area contributed by atoms with E-state index in [-0.39, 0.29) is 0 Å². The van der Waals surface area contributed by atoms with Crippen molar-refractivity contribution in [2.24, 2.45) is 0 Å². The third-order valence-corrected chi connectivity index (χ3v) is 3.33. The molecular formula is C15H19N3. The van der Waals surface area contributed by atoms with Crippen LogP contribution in [0.15, 0.2) is 18.5 Å². The first-order valence-electron chi connectivity index (χ1n) is 6.21. The van der Waals surface area contributed by atoms with E-state index in [1.807, 2.05) is 6.33 Å². The predicted molar refractivity (Wildman–Crippen MR) is 75.6 cm³/mol. The monoisotopic (exact) mass is 241 g/mol. The molecule has 0 aliphatic heterocycles. The van der Waals surface area contributed by atoms with Gasteiger partial charge >= 0.3 is 0 Å². The Bertz CT molecular complexity index is 590. The maximum absolute atomic E-state index is 5.23. The Morgan fingerprint density at radius 1 is 1.39 bits per heavy atom. The molecule has 0 saturated carbocycles. The number of nitrogens with zero attached hydrogens (tertiary/aromatic N) is 2. The minimum absolute atomic E-state index is 0.338. The van der Waals surface area contributed by atoms with E-state index in [1.54, 1.807) is 0 Å². The van der Waals surface area contributed by atoms with E-state index in [0.29, 0.717) is 12.6 Å². The predicted octanol–water partition coefficient (Wildman–Crippen LogP) is 2.44. The van der Waals surface area contributed by atoms with E-state index in [4.69, 9.17) is 6.42 Å². The lowest BCUT2D eigenvalue weighted by molar-refractivity contribution is 0.520. The van der Waals surface area contributed by atoms with Gasteiger partial charge in [0.1, 0.15) is 0 Å². The highest BCUT2D eigenvalue weighted by Crippen LogP contribution is 2.21. The normalized spacial score (nSPS) is 12.6. The van der Waals surface area contributed by atoms with Crippen LogP contribution >= 0.6 is 0 Å². The number of hydrogen-bond acceptors (Lipinski definition) is 2. The van der Waals surface area contributed by atoms with Crippen molar-refractivity contribution in [3.63, 3.8) is 0 Å². The molecule has 0 radical (unpaired) electrons. The zero-order chi connectivity index (χ0) is 13.1. The Hall–Kier alpha value is -1.79. The molecule has 1 N–H and O–H groups in total. The number of imidazole rings is 1. The van der Waals surface area contributed by atoms with Gasteiger partial charge in [0.05, 0.1) is 23.9 Å². The van der Waals surface area contributed by atoms with Gasteiger partial charge in [-0.2, -0.15) is 0 Å². The molecule has 0 aliphatic rings. The molecule has 0 amide bonds. The molecule has 0 aliphatic carbocycles. The highest BCUT2D eigenvalue weighted by atomic mass is 15.1. The van der Waals surface area contributed by atoms with E-state index < -0.39 is 0 Å². The minimum Gasteiger partial charge on any atom is -0.326 e. The van der Waals surface area contributed by atoms with E-state index >= 15 is 0 Å². The van der Waals surface area contributed by atoms with E-state index in [9.17, 15) is 0 Å². The summed E-state index contributed by atoms with van der Waals surface area (Å²) in [6.07, 6.45) is 7.14. The Morgan fingerprint density at radius 3 is 2.83 bits per heavy atom. The van der Waals surface area contributed by atoms with Gasteiger partial charge in [-0.3, -0.25) is 0 Å². The summed E-state index contributed by atoms with van der Waals surface area (Å²) >= 11 is 0. The van der Waals surface area contributed by atoms with Crippen molar-refractivity contribution in [2.45, 2.75) is 26.8 Å². The van der Waals surface area contributed by atoms with Gasteiger partial charge in [-0.1, -0.05) is 5.92 Å². The maximum Gasteiger partial charge on any atom is 0.0961 e. The molecule has 0 fully saturated rings. The first-order chi connectivity index (χ1) is 8.63. The van der Waals surface area contributed by atoms with Gasteiger partial charge < -0.3 is 9.88 Å². The first-order valence-corrected chi connectivity index (χ1v) is 6.21. The van der Waals surface area contributed by atoms with Crippen molar-refractivity contribution in [3.05, 3.63) is 29.6 Å². The molecule has 1 unspecified atom stereocenters. The van der Waals surface area contributed by atoms with Crippen molar-refractivity contribution < 1.29 is 0 Å². The summed E-state index contributed by atoms with van der Waals surface area (Å²) in [5.74, 6) is 2.59. The number of hydrogen-bond donors (Lipinski definition) is 1. The lowest BCUT2D eigenvalue weighted by Crippen LogP contribution is -2.23. The standard InChI is InChI=1S/C15H19N3/c1-5-6-16-9-13(4)18-10-17-14-7-11(2)12(3)8-15(14)18/h1,7-8,10,13,16H,6,9H2,2-4H3. The maximum atomic E-state index is 5.23. The summed E-state index contributed by atoms with van der Waals surface area (Å²) in [4.78, 5) is 4.46. The van der Waals surface area contributed by atoms with Crippen molar-refractivity contribution in [3.8, 4) is 12.3 Å². The molecule has 3 heteroatoms. The lowest BCUT2D eigenvalue weighted by Gasteiger charge is -2.15. The molecular weight excluding hydrogens is 222 g/mol. The van der Waals surface area contributed by atoms with Crippen LogP contribution in [0.4, 0.5) is 0 Å². The molecule has 0 spiro atoms. The van der Waals surface area contributed by atoms with Crippen LogP contribution in [0.25, 0.3) is 11.0 Å². The molecule has 1 heterocycles. The van der Waals surface area contributed by atoms with Crippen LogP contribution in [0.2, 0.25) is 0 Å². The molecule has 1 aromatic carbocycles. The fourth-order valence-electron chi connectivity index (χ4n) is 2.09. The zero-order valence-corrected chi connectivity index (χ0v) is 11.2. The second kappa shape index (κ2) is 5.24. The second-order valence-electron chi connectivity index (χ2n) is 4.76. The number of terminal acetylenes is 1. The molecule has 0 bridgehead atoms. The Kier molecular flexibility index (Phi) is 3.69. The summed E-state index contributed by atoms with van der Waals surface area (Å²) in [5, 5.41) is 3.23. The summed E-state index contributed by atoms with van der Waals surface area (Å²) in [6.45, 7) is 7.87. The molecule has 1 atom stereocenters. The molecule has 2 aromatic rings. The highest BCUT2D eigenvalue weighted by Gasteiger charge is 2.09. The van der Waals surface area contributed by atoms with Crippen LogP contribution in [0.1, 0.15) is 24.1 Å². The van der Waals surface area contributed by atoms with Gasteiger partial charge in [-0.15, -0.1) is 6.42 Å². The van der Waals surface area contributed by atoms with Crippen molar-refractivity contribution >= 4 is 11.0 Å². The Morgan fingerprint density at radius 2 is 2.11 bits per heavy atom. The van der Waals surface area contributed by atoms with Crippen LogP contribution < -0.4 is 5.32 Å². The van der Waals surface area contributed by atoms with E-state index in [1.165, 1.54) is 16.6 Å². The average molecular weight is 241 g/mol. The Labute approximate surface area is 108 Å². The topological polar surface area (TPSA) is 29.9 Å². The number of fused-ring (bicyclic) bond motifs is 1. The van der Waals surface area contributed by atoms with E-state index in [2.05, 4.69) is 53.7 Å². The van der Waals surface area contributed by atoms with E-state index in [0.717, 1.165) is 12.1 Å². The van der Waals surface area contributed by atoms with Crippen LogP contribution in [-0.2, 0) is 0 Å². The molecule has 1 aromatic heterocycles. The van der Waals surface area contributed by atoms with Crippen molar-refractivity contribution in [1.29, 1.82) is 0 Å². The molecule has 0 saturated heterocycles.